The van der Waals surface area contributed by atoms with Crippen molar-refractivity contribution in [2.45, 2.75) is 19.9 Å². The Bertz CT molecular complexity index is 315. The normalized spacial score (nSPS) is 14.1. The Morgan fingerprint density at radius 2 is 2.29 bits per heavy atom. The number of halogens is 1. The van der Waals surface area contributed by atoms with Crippen molar-refractivity contribution in [3.63, 3.8) is 0 Å². The average Bonchev–Trinajstić information content (AvgIpc) is 2.17. The first-order valence-corrected chi connectivity index (χ1v) is 5.25. The molecule has 0 amide bonds. The molecule has 78 valence electrons. The molecule has 1 aromatic heterocycles. The van der Waals surface area contributed by atoms with Crippen LogP contribution in [0.3, 0.4) is 0 Å². The smallest absolute Gasteiger partial charge is 0.110 e. The maximum Gasteiger partial charge on any atom is 0.110 e. The summed E-state index contributed by atoms with van der Waals surface area (Å²) in [6.07, 6.45) is 1.70. The molecule has 1 atom stereocenters. The van der Waals surface area contributed by atoms with E-state index >= 15 is 0 Å². The summed E-state index contributed by atoms with van der Waals surface area (Å²) in [6.45, 7) is 3.91. The number of nitrogens with zero attached hydrogens (tertiary/aromatic N) is 1. The highest BCUT2D eigenvalue weighted by Gasteiger charge is 2.28. The van der Waals surface area contributed by atoms with Gasteiger partial charge in [0.05, 0.1) is 0 Å². The lowest BCUT2D eigenvalue weighted by molar-refractivity contribution is 0.132. The van der Waals surface area contributed by atoms with E-state index in [9.17, 15) is 5.11 Å². The van der Waals surface area contributed by atoms with Crippen LogP contribution in [0.25, 0.3) is 0 Å². The zero-order valence-corrected chi connectivity index (χ0v) is 9.95. The molecule has 4 heteroatoms. The second-order valence-corrected chi connectivity index (χ2v) is 4.76. The molecule has 1 rings (SSSR count). The molecular formula is C10H15BrN2O. The standard InChI is InChI=1S/C10H15BrN2O/c1-10(2,6-14)8(12)7-4-3-5-13-9(7)11/h3-5,8,14H,6,12H2,1-2H3/t8-/m1/s1. The van der Waals surface area contributed by atoms with Crippen molar-refractivity contribution < 1.29 is 5.11 Å². The van der Waals surface area contributed by atoms with Crippen molar-refractivity contribution >= 4 is 15.9 Å². The molecule has 0 fully saturated rings. The van der Waals surface area contributed by atoms with Gasteiger partial charge in [0.25, 0.3) is 0 Å². The average molecular weight is 259 g/mol. The van der Waals surface area contributed by atoms with Gasteiger partial charge in [-0.2, -0.15) is 0 Å². The van der Waals surface area contributed by atoms with Crippen molar-refractivity contribution in [2.24, 2.45) is 11.1 Å². The molecule has 0 aromatic carbocycles. The molecule has 0 saturated carbocycles. The van der Waals surface area contributed by atoms with Crippen LogP contribution >= 0.6 is 15.9 Å². The van der Waals surface area contributed by atoms with Gasteiger partial charge in [0.2, 0.25) is 0 Å². The molecule has 3 nitrogen and oxygen atoms in total. The fourth-order valence-corrected chi connectivity index (χ4v) is 1.65. The molecule has 0 bridgehead atoms. The highest BCUT2D eigenvalue weighted by molar-refractivity contribution is 9.10. The highest BCUT2D eigenvalue weighted by Crippen LogP contribution is 2.33. The summed E-state index contributed by atoms with van der Waals surface area (Å²) in [6, 6.07) is 3.53. The number of aliphatic hydroxyl groups excluding tert-OH is 1. The number of aliphatic hydroxyl groups is 1. The quantitative estimate of drug-likeness (QED) is 0.814. The Morgan fingerprint density at radius 3 is 2.79 bits per heavy atom. The van der Waals surface area contributed by atoms with Gasteiger partial charge in [0, 0.05) is 29.8 Å². The van der Waals surface area contributed by atoms with E-state index in [0.29, 0.717) is 0 Å². The largest absolute Gasteiger partial charge is 0.396 e. The molecule has 0 aliphatic rings. The van der Waals surface area contributed by atoms with Crippen molar-refractivity contribution in [3.05, 3.63) is 28.5 Å². The van der Waals surface area contributed by atoms with Crippen LogP contribution in [-0.4, -0.2) is 16.7 Å². The van der Waals surface area contributed by atoms with Crippen LogP contribution in [0.15, 0.2) is 22.9 Å². The van der Waals surface area contributed by atoms with Gasteiger partial charge in [-0.05, 0) is 22.0 Å². The van der Waals surface area contributed by atoms with Gasteiger partial charge >= 0.3 is 0 Å². The van der Waals surface area contributed by atoms with Crippen LogP contribution in [0.1, 0.15) is 25.5 Å². The fraction of sp³-hybridized carbons (Fsp3) is 0.500. The summed E-state index contributed by atoms with van der Waals surface area (Å²) in [5, 5.41) is 9.20. The summed E-state index contributed by atoms with van der Waals surface area (Å²) in [4.78, 5) is 4.10. The Kier molecular flexibility index (Phi) is 3.64. The fourth-order valence-electron chi connectivity index (χ4n) is 1.15. The van der Waals surface area contributed by atoms with Gasteiger partial charge in [-0.15, -0.1) is 0 Å². The number of rotatable bonds is 3. The maximum absolute atomic E-state index is 9.20. The third-order valence-electron chi connectivity index (χ3n) is 2.37. The number of aromatic nitrogens is 1. The van der Waals surface area contributed by atoms with E-state index in [2.05, 4.69) is 20.9 Å². The maximum atomic E-state index is 9.20. The number of nitrogens with two attached hydrogens (primary N) is 1. The number of hydrogen-bond donors (Lipinski definition) is 2. The molecule has 1 aromatic rings. The lowest BCUT2D eigenvalue weighted by atomic mass is 9.82. The Hall–Kier alpha value is -0.450. The molecule has 0 aliphatic heterocycles. The third-order valence-corrected chi connectivity index (χ3v) is 3.04. The summed E-state index contributed by atoms with van der Waals surface area (Å²) >= 11 is 3.35. The van der Waals surface area contributed by atoms with Crippen molar-refractivity contribution in [3.8, 4) is 0 Å². The van der Waals surface area contributed by atoms with Crippen LogP contribution in [0, 0.1) is 5.41 Å². The first kappa shape index (κ1) is 11.6. The van der Waals surface area contributed by atoms with Gasteiger partial charge in [0.15, 0.2) is 0 Å². The molecule has 0 aliphatic carbocycles. The minimum atomic E-state index is -0.342. The second kappa shape index (κ2) is 4.38. The second-order valence-electron chi connectivity index (χ2n) is 4.01. The van der Waals surface area contributed by atoms with Crippen molar-refractivity contribution in [1.82, 2.24) is 4.98 Å². The van der Waals surface area contributed by atoms with Crippen LogP contribution in [-0.2, 0) is 0 Å². The van der Waals surface area contributed by atoms with Crippen molar-refractivity contribution in [2.75, 3.05) is 6.61 Å². The predicted molar refractivity (Wildman–Crippen MR) is 59.7 cm³/mol. The SMILES string of the molecule is CC(C)(CO)[C@H](N)c1cccnc1Br. The van der Waals surface area contributed by atoms with E-state index in [4.69, 9.17) is 5.73 Å². The lowest BCUT2D eigenvalue weighted by Crippen LogP contribution is -2.32. The van der Waals surface area contributed by atoms with E-state index < -0.39 is 0 Å². The van der Waals surface area contributed by atoms with Crippen LogP contribution in [0.2, 0.25) is 0 Å². The van der Waals surface area contributed by atoms with Crippen LogP contribution in [0.4, 0.5) is 0 Å². The van der Waals surface area contributed by atoms with Gasteiger partial charge < -0.3 is 10.8 Å². The summed E-state index contributed by atoms with van der Waals surface area (Å²) in [7, 11) is 0. The van der Waals surface area contributed by atoms with E-state index in [0.717, 1.165) is 10.2 Å². The molecule has 0 unspecified atom stereocenters. The summed E-state index contributed by atoms with van der Waals surface area (Å²) in [5.74, 6) is 0. The molecule has 3 N–H and O–H groups in total. The Labute approximate surface area is 92.5 Å². The number of hydrogen-bond acceptors (Lipinski definition) is 3. The molecule has 0 spiro atoms. The molecule has 14 heavy (non-hydrogen) atoms. The zero-order valence-electron chi connectivity index (χ0n) is 8.37. The van der Waals surface area contributed by atoms with E-state index in [1.54, 1.807) is 6.20 Å². The number of pyridine rings is 1. The highest BCUT2D eigenvalue weighted by atomic mass is 79.9. The van der Waals surface area contributed by atoms with Crippen molar-refractivity contribution in [1.29, 1.82) is 0 Å². The predicted octanol–water partition coefficient (Wildman–Crippen LogP) is 1.86. The topological polar surface area (TPSA) is 59.1 Å². The van der Waals surface area contributed by atoms with Gasteiger partial charge in [-0.25, -0.2) is 4.98 Å². The van der Waals surface area contributed by atoms with E-state index in [1.165, 1.54) is 0 Å². The summed E-state index contributed by atoms with van der Waals surface area (Å²) < 4.78 is 0.744. The monoisotopic (exact) mass is 258 g/mol. The minimum Gasteiger partial charge on any atom is -0.396 e. The Balaban J connectivity index is 3.00. The lowest BCUT2D eigenvalue weighted by Gasteiger charge is -2.29. The molecule has 0 radical (unpaired) electrons. The molecule has 1 heterocycles. The summed E-state index contributed by atoms with van der Waals surface area (Å²) in [5.41, 5.74) is 6.64. The molecular weight excluding hydrogens is 244 g/mol. The van der Waals surface area contributed by atoms with E-state index in [-0.39, 0.29) is 18.1 Å². The van der Waals surface area contributed by atoms with E-state index in [1.807, 2.05) is 26.0 Å². The zero-order chi connectivity index (χ0) is 10.8. The minimum absolute atomic E-state index is 0.0511. The third kappa shape index (κ3) is 2.32. The van der Waals surface area contributed by atoms with Gasteiger partial charge in [0.1, 0.15) is 4.60 Å². The van der Waals surface area contributed by atoms with Crippen LogP contribution in [0.5, 0.6) is 0 Å². The molecule has 0 saturated heterocycles. The van der Waals surface area contributed by atoms with Crippen LogP contribution < -0.4 is 5.73 Å². The van der Waals surface area contributed by atoms with Gasteiger partial charge in [-0.3, -0.25) is 0 Å². The first-order chi connectivity index (χ1) is 6.49. The first-order valence-electron chi connectivity index (χ1n) is 4.46. The van der Waals surface area contributed by atoms with Gasteiger partial charge in [-0.1, -0.05) is 19.9 Å². The Morgan fingerprint density at radius 1 is 1.64 bits per heavy atom.